The van der Waals surface area contributed by atoms with E-state index in [0.717, 1.165) is 18.1 Å². The van der Waals surface area contributed by atoms with Crippen molar-refractivity contribution in [3.63, 3.8) is 0 Å². The molecule has 0 heterocycles. The summed E-state index contributed by atoms with van der Waals surface area (Å²) in [7, 11) is 0. The predicted molar refractivity (Wildman–Crippen MR) is 75.9 cm³/mol. The summed E-state index contributed by atoms with van der Waals surface area (Å²) >= 11 is 0. The topological polar surface area (TPSA) is 9.23 Å². The highest BCUT2D eigenvalue weighted by molar-refractivity contribution is 5.32. The van der Waals surface area contributed by atoms with Gasteiger partial charge in [0.1, 0.15) is 0 Å². The molecule has 2 aromatic rings. The van der Waals surface area contributed by atoms with Gasteiger partial charge in [0.25, 0.3) is 0 Å². The van der Waals surface area contributed by atoms with E-state index in [4.69, 9.17) is 0 Å². The minimum absolute atomic E-state index is 0.0257. The van der Waals surface area contributed by atoms with E-state index in [2.05, 4.69) is 4.74 Å². The Kier molecular flexibility index (Phi) is 4.85. The van der Waals surface area contributed by atoms with Crippen molar-refractivity contribution >= 4 is 0 Å². The van der Waals surface area contributed by atoms with E-state index >= 15 is 0 Å². The van der Waals surface area contributed by atoms with E-state index in [1.165, 1.54) is 0 Å². The van der Waals surface area contributed by atoms with Crippen molar-refractivity contribution in [2.75, 3.05) is 6.61 Å². The van der Waals surface area contributed by atoms with E-state index in [0.29, 0.717) is 6.42 Å². The van der Waals surface area contributed by atoms with E-state index in [-0.39, 0.29) is 12.5 Å². The van der Waals surface area contributed by atoms with Gasteiger partial charge < -0.3 is 4.74 Å². The van der Waals surface area contributed by atoms with Gasteiger partial charge in [0.2, 0.25) is 0 Å². The molecular weight excluding hydrogens is 258 g/mol. The molecule has 0 aromatic heterocycles. The maximum Gasteiger partial charge on any atom is 0.352 e. The molecule has 1 nitrogen and oxygen atoms in total. The minimum atomic E-state index is -3.07. The lowest BCUT2D eigenvalue weighted by atomic mass is 9.89. The van der Waals surface area contributed by atoms with Crippen LogP contribution in [0.15, 0.2) is 60.7 Å². The van der Waals surface area contributed by atoms with Gasteiger partial charge in [-0.25, -0.2) is 0 Å². The van der Waals surface area contributed by atoms with Gasteiger partial charge in [-0.3, -0.25) is 0 Å². The Morgan fingerprint density at radius 3 is 1.75 bits per heavy atom. The Hall–Kier alpha value is -1.74. The third-order valence-electron chi connectivity index (χ3n) is 3.17. The van der Waals surface area contributed by atoms with Crippen molar-refractivity contribution in [2.24, 2.45) is 0 Å². The van der Waals surface area contributed by atoms with E-state index in [1.807, 2.05) is 60.7 Å². The molecule has 3 heteroatoms. The first-order valence-electron chi connectivity index (χ1n) is 6.68. The van der Waals surface area contributed by atoms with Crippen LogP contribution in [0.3, 0.4) is 0 Å². The van der Waals surface area contributed by atoms with E-state index in [1.54, 1.807) is 0 Å². The second kappa shape index (κ2) is 6.62. The molecule has 0 aliphatic heterocycles. The normalized spacial score (nSPS) is 11.8. The van der Waals surface area contributed by atoms with Gasteiger partial charge in [-0.15, -0.1) is 0 Å². The highest BCUT2D eigenvalue weighted by Crippen LogP contribution is 2.28. The Bertz CT molecular complexity index is 466. The van der Waals surface area contributed by atoms with Crippen molar-refractivity contribution < 1.29 is 13.5 Å². The summed E-state index contributed by atoms with van der Waals surface area (Å²) in [4.78, 5) is 0. The van der Waals surface area contributed by atoms with Crippen LogP contribution in [0.25, 0.3) is 0 Å². The highest BCUT2D eigenvalue weighted by Gasteiger charge is 2.22. The molecular formula is C17H18F2O. The molecule has 0 atom stereocenters. The van der Waals surface area contributed by atoms with Crippen molar-refractivity contribution in [3.05, 3.63) is 71.8 Å². The Morgan fingerprint density at radius 2 is 1.35 bits per heavy atom. The summed E-state index contributed by atoms with van der Waals surface area (Å²) in [5.41, 5.74) is 2.23. The SMILES string of the molecule is CC(F)(F)OCCC(c1ccccc1)c1ccccc1. The molecule has 0 amide bonds. The first-order valence-corrected chi connectivity index (χ1v) is 6.68. The quantitative estimate of drug-likeness (QED) is 0.733. The molecule has 0 aliphatic carbocycles. The van der Waals surface area contributed by atoms with Gasteiger partial charge in [-0.1, -0.05) is 60.7 Å². The highest BCUT2D eigenvalue weighted by atomic mass is 19.3. The van der Waals surface area contributed by atoms with Crippen LogP contribution < -0.4 is 0 Å². The summed E-state index contributed by atoms with van der Waals surface area (Å²) in [6.45, 7) is 0.797. The zero-order valence-electron chi connectivity index (χ0n) is 11.4. The van der Waals surface area contributed by atoms with Crippen LogP contribution in [0.1, 0.15) is 30.4 Å². The van der Waals surface area contributed by atoms with Crippen LogP contribution in [-0.2, 0) is 4.74 Å². The smallest absolute Gasteiger partial charge is 0.321 e. The minimum Gasteiger partial charge on any atom is -0.321 e. The molecule has 106 valence electrons. The number of benzene rings is 2. The molecule has 0 bridgehead atoms. The molecule has 0 unspecified atom stereocenters. The van der Waals surface area contributed by atoms with Crippen molar-refractivity contribution in [2.45, 2.75) is 25.4 Å². The molecule has 2 aromatic carbocycles. The lowest BCUT2D eigenvalue weighted by Crippen LogP contribution is -2.17. The second-order valence-corrected chi connectivity index (χ2v) is 4.82. The Labute approximate surface area is 118 Å². The fourth-order valence-corrected chi connectivity index (χ4v) is 2.25. The van der Waals surface area contributed by atoms with Gasteiger partial charge in [-0.05, 0) is 17.5 Å². The van der Waals surface area contributed by atoms with E-state index < -0.39 is 6.11 Å². The lowest BCUT2D eigenvalue weighted by molar-refractivity contribution is -0.224. The lowest BCUT2D eigenvalue weighted by Gasteiger charge is -2.19. The van der Waals surface area contributed by atoms with Gasteiger partial charge in [0, 0.05) is 12.8 Å². The van der Waals surface area contributed by atoms with Crippen LogP contribution in [0.4, 0.5) is 8.78 Å². The Morgan fingerprint density at radius 1 is 0.900 bits per heavy atom. The first kappa shape index (κ1) is 14.7. The maximum atomic E-state index is 12.8. The number of hydrogen-bond donors (Lipinski definition) is 0. The summed E-state index contributed by atoms with van der Waals surface area (Å²) < 4.78 is 30.1. The molecule has 20 heavy (non-hydrogen) atoms. The average Bonchev–Trinajstić information content (AvgIpc) is 2.44. The zero-order chi connectivity index (χ0) is 14.4. The number of hydrogen-bond acceptors (Lipinski definition) is 1. The van der Waals surface area contributed by atoms with Crippen molar-refractivity contribution in [1.82, 2.24) is 0 Å². The fraction of sp³-hybridized carbons (Fsp3) is 0.294. The number of ether oxygens (including phenoxy) is 1. The summed E-state index contributed by atoms with van der Waals surface area (Å²) in [5.74, 6) is 0.0692. The molecule has 0 N–H and O–H groups in total. The van der Waals surface area contributed by atoms with Gasteiger partial charge in [-0.2, -0.15) is 8.78 Å². The fourth-order valence-electron chi connectivity index (χ4n) is 2.25. The average molecular weight is 276 g/mol. The summed E-state index contributed by atoms with van der Waals surface area (Å²) in [6.07, 6.45) is -2.55. The molecule has 0 saturated carbocycles. The standard InChI is InChI=1S/C17H18F2O/c1-17(18,19)20-13-12-16(14-8-4-2-5-9-14)15-10-6-3-7-11-15/h2-11,16H,12-13H2,1H3. The molecule has 0 fully saturated rings. The van der Waals surface area contributed by atoms with Gasteiger partial charge in [0.05, 0.1) is 6.61 Å². The molecule has 0 aliphatic rings. The van der Waals surface area contributed by atoms with Crippen LogP contribution in [-0.4, -0.2) is 12.7 Å². The summed E-state index contributed by atoms with van der Waals surface area (Å²) in [5, 5.41) is 0. The van der Waals surface area contributed by atoms with Crippen LogP contribution in [0.5, 0.6) is 0 Å². The van der Waals surface area contributed by atoms with Gasteiger partial charge in [0.15, 0.2) is 0 Å². The number of alkyl halides is 2. The molecule has 0 radical (unpaired) electrons. The number of rotatable bonds is 6. The van der Waals surface area contributed by atoms with Crippen LogP contribution >= 0.6 is 0 Å². The molecule has 2 rings (SSSR count). The largest absolute Gasteiger partial charge is 0.352 e. The third kappa shape index (κ3) is 4.42. The third-order valence-corrected chi connectivity index (χ3v) is 3.17. The van der Waals surface area contributed by atoms with Crippen molar-refractivity contribution in [3.8, 4) is 0 Å². The summed E-state index contributed by atoms with van der Waals surface area (Å²) in [6, 6.07) is 19.8. The second-order valence-electron chi connectivity index (χ2n) is 4.82. The van der Waals surface area contributed by atoms with Crippen LogP contribution in [0.2, 0.25) is 0 Å². The van der Waals surface area contributed by atoms with Gasteiger partial charge >= 0.3 is 6.11 Å². The van der Waals surface area contributed by atoms with Crippen molar-refractivity contribution in [1.29, 1.82) is 0 Å². The van der Waals surface area contributed by atoms with E-state index in [9.17, 15) is 8.78 Å². The molecule has 0 spiro atoms. The Balaban J connectivity index is 2.13. The number of halogens is 2. The monoisotopic (exact) mass is 276 g/mol. The zero-order valence-corrected chi connectivity index (χ0v) is 11.4. The maximum absolute atomic E-state index is 12.8. The first-order chi connectivity index (χ1) is 9.56. The van der Waals surface area contributed by atoms with Crippen LogP contribution in [0, 0.1) is 0 Å². The predicted octanol–water partition coefficient (Wildman–Crippen LogP) is 4.84. The molecule has 0 saturated heterocycles.